The third-order valence-corrected chi connectivity index (χ3v) is 6.32. The van der Waals surface area contributed by atoms with E-state index in [-0.39, 0.29) is 30.2 Å². The highest BCUT2D eigenvalue weighted by Crippen LogP contribution is 2.26. The Balaban J connectivity index is 1.34. The van der Waals surface area contributed by atoms with E-state index in [1.54, 1.807) is 23.5 Å². The molecule has 2 amide bonds. The maximum absolute atomic E-state index is 13.3. The van der Waals surface area contributed by atoms with Crippen LogP contribution >= 0.6 is 11.3 Å². The number of thiophene rings is 1. The summed E-state index contributed by atoms with van der Waals surface area (Å²) in [6.45, 7) is 2.73. The normalized spacial score (nSPS) is 15.5. The smallest absolute Gasteiger partial charge is 0.253 e. The van der Waals surface area contributed by atoms with Crippen molar-refractivity contribution < 1.29 is 14.0 Å². The minimum Gasteiger partial charge on any atom is -0.343 e. The van der Waals surface area contributed by atoms with Crippen LogP contribution in [0.3, 0.4) is 0 Å². The number of amides is 2. The van der Waals surface area contributed by atoms with Crippen molar-refractivity contribution in [3.05, 3.63) is 93.9 Å². The van der Waals surface area contributed by atoms with E-state index in [0.29, 0.717) is 31.7 Å². The molecule has 0 spiro atoms. The van der Waals surface area contributed by atoms with Gasteiger partial charge in [0.15, 0.2) is 0 Å². The highest BCUT2D eigenvalue weighted by atomic mass is 32.1. The first-order chi connectivity index (χ1) is 15.1. The molecule has 1 fully saturated rings. The number of hydrogen-bond acceptors (Lipinski definition) is 4. The molecule has 31 heavy (non-hydrogen) atoms. The fourth-order valence-corrected chi connectivity index (χ4v) is 4.51. The molecule has 0 unspecified atom stereocenters. The first kappa shape index (κ1) is 21.2. The summed E-state index contributed by atoms with van der Waals surface area (Å²) >= 11 is 1.55. The summed E-state index contributed by atoms with van der Waals surface area (Å²) in [5, 5.41) is 5.05. The Bertz CT molecular complexity index is 1000. The van der Waals surface area contributed by atoms with E-state index < -0.39 is 0 Å². The van der Waals surface area contributed by atoms with Crippen molar-refractivity contribution in [1.82, 2.24) is 15.1 Å². The standard InChI is InChI=1S/C24H24FN3O2S/c25-20-10-8-18(9-11-20)23(21-7-4-16-31-21)26-22(29)17-27-12-14-28(15-13-27)24(30)19-5-2-1-3-6-19/h1-11,16,23H,12-15,17H2,(H,26,29)/t23-/m0/s1. The number of nitrogens with one attached hydrogen (secondary N) is 1. The molecule has 5 nitrogen and oxygen atoms in total. The summed E-state index contributed by atoms with van der Waals surface area (Å²) in [4.78, 5) is 30.3. The molecule has 1 atom stereocenters. The molecular weight excluding hydrogens is 413 g/mol. The second kappa shape index (κ2) is 9.85. The molecule has 0 bridgehead atoms. The van der Waals surface area contributed by atoms with Crippen LogP contribution in [0.15, 0.2) is 72.1 Å². The number of halogens is 1. The van der Waals surface area contributed by atoms with Crippen LogP contribution in [-0.2, 0) is 4.79 Å². The van der Waals surface area contributed by atoms with Gasteiger partial charge in [-0.15, -0.1) is 11.3 Å². The van der Waals surface area contributed by atoms with Crippen LogP contribution in [0.2, 0.25) is 0 Å². The number of nitrogens with zero attached hydrogens (tertiary/aromatic N) is 2. The van der Waals surface area contributed by atoms with Crippen molar-refractivity contribution in [1.29, 1.82) is 0 Å². The van der Waals surface area contributed by atoms with Gasteiger partial charge in [0.25, 0.3) is 5.91 Å². The molecule has 1 aromatic heterocycles. The minimum atomic E-state index is -0.311. The lowest BCUT2D eigenvalue weighted by molar-refractivity contribution is -0.123. The van der Waals surface area contributed by atoms with Gasteiger partial charge in [-0.2, -0.15) is 0 Å². The lowest BCUT2D eigenvalue weighted by Gasteiger charge is -2.34. The van der Waals surface area contributed by atoms with E-state index in [4.69, 9.17) is 0 Å². The third kappa shape index (κ3) is 5.37. The number of carbonyl (C=O) groups is 2. The molecule has 1 N–H and O–H groups in total. The fourth-order valence-electron chi connectivity index (χ4n) is 3.71. The Hall–Kier alpha value is -3.03. The molecule has 0 saturated carbocycles. The van der Waals surface area contributed by atoms with E-state index in [2.05, 4.69) is 10.2 Å². The second-order valence-electron chi connectivity index (χ2n) is 7.50. The summed E-state index contributed by atoms with van der Waals surface area (Å²) in [5.74, 6) is -0.368. The van der Waals surface area contributed by atoms with Crippen LogP contribution in [0.25, 0.3) is 0 Å². The van der Waals surface area contributed by atoms with E-state index in [1.807, 2.05) is 52.7 Å². The third-order valence-electron chi connectivity index (χ3n) is 5.38. The van der Waals surface area contributed by atoms with Gasteiger partial charge in [-0.3, -0.25) is 14.5 Å². The molecule has 7 heteroatoms. The zero-order valence-electron chi connectivity index (χ0n) is 17.0. The van der Waals surface area contributed by atoms with Crippen molar-refractivity contribution in [2.75, 3.05) is 32.7 Å². The van der Waals surface area contributed by atoms with Crippen molar-refractivity contribution in [3.63, 3.8) is 0 Å². The summed E-state index contributed by atoms with van der Waals surface area (Å²) in [7, 11) is 0. The minimum absolute atomic E-state index is 0.0266. The van der Waals surface area contributed by atoms with Gasteiger partial charge in [0, 0.05) is 36.6 Å². The number of rotatable bonds is 6. The molecule has 0 radical (unpaired) electrons. The SMILES string of the molecule is O=C(CN1CCN(C(=O)c2ccccc2)CC1)N[C@@H](c1ccc(F)cc1)c1cccs1. The molecule has 4 rings (SSSR count). The molecule has 1 aliphatic heterocycles. The molecule has 0 aliphatic carbocycles. The largest absolute Gasteiger partial charge is 0.343 e. The first-order valence-corrected chi connectivity index (χ1v) is 11.1. The number of carbonyl (C=O) groups excluding carboxylic acids is 2. The van der Waals surface area contributed by atoms with Crippen LogP contribution in [0.5, 0.6) is 0 Å². The quantitative estimate of drug-likeness (QED) is 0.642. The highest BCUT2D eigenvalue weighted by molar-refractivity contribution is 7.10. The van der Waals surface area contributed by atoms with Gasteiger partial charge in [0.1, 0.15) is 5.82 Å². The highest BCUT2D eigenvalue weighted by Gasteiger charge is 2.24. The topological polar surface area (TPSA) is 52.7 Å². The van der Waals surface area contributed by atoms with E-state index >= 15 is 0 Å². The van der Waals surface area contributed by atoms with Crippen LogP contribution in [-0.4, -0.2) is 54.3 Å². The van der Waals surface area contributed by atoms with Gasteiger partial charge in [-0.1, -0.05) is 36.4 Å². The van der Waals surface area contributed by atoms with E-state index in [9.17, 15) is 14.0 Å². The van der Waals surface area contributed by atoms with Gasteiger partial charge in [-0.25, -0.2) is 4.39 Å². The maximum atomic E-state index is 13.3. The summed E-state index contributed by atoms with van der Waals surface area (Å²) in [6, 6.07) is 19.1. The van der Waals surface area contributed by atoms with Gasteiger partial charge in [0.2, 0.25) is 5.91 Å². The Kier molecular flexibility index (Phi) is 6.74. The lowest BCUT2D eigenvalue weighted by Crippen LogP contribution is -2.51. The zero-order valence-corrected chi connectivity index (χ0v) is 17.9. The Labute approximate surface area is 185 Å². The second-order valence-corrected chi connectivity index (χ2v) is 8.48. The van der Waals surface area contributed by atoms with Gasteiger partial charge >= 0.3 is 0 Å². The van der Waals surface area contributed by atoms with Crippen molar-refractivity contribution in [3.8, 4) is 0 Å². The van der Waals surface area contributed by atoms with E-state index in [0.717, 1.165) is 10.4 Å². The van der Waals surface area contributed by atoms with Crippen LogP contribution in [0, 0.1) is 5.82 Å². The number of piperazine rings is 1. The summed E-state index contributed by atoms with van der Waals surface area (Å²) < 4.78 is 13.3. The summed E-state index contributed by atoms with van der Waals surface area (Å²) in [5.41, 5.74) is 1.53. The zero-order chi connectivity index (χ0) is 21.6. The monoisotopic (exact) mass is 437 g/mol. The Morgan fingerprint density at radius 3 is 2.29 bits per heavy atom. The van der Waals surface area contributed by atoms with Crippen LogP contribution in [0.1, 0.15) is 26.8 Å². The van der Waals surface area contributed by atoms with Gasteiger partial charge < -0.3 is 10.2 Å². The Morgan fingerprint density at radius 2 is 1.65 bits per heavy atom. The molecule has 160 valence electrons. The predicted molar refractivity (Wildman–Crippen MR) is 119 cm³/mol. The van der Waals surface area contributed by atoms with Gasteiger partial charge in [0.05, 0.1) is 12.6 Å². The maximum Gasteiger partial charge on any atom is 0.253 e. The van der Waals surface area contributed by atoms with Crippen LogP contribution < -0.4 is 5.32 Å². The van der Waals surface area contributed by atoms with Crippen molar-refractivity contribution in [2.45, 2.75) is 6.04 Å². The van der Waals surface area contributed by atoms with E-state index in [1.165, 1.54) is 12.1 Å². The van der Waals surface area contributed by atoms with Gasteiger partial charge in [-0.05, 0) is 41.3 Å². The van der Waals surface area contributed by atoms with Crippen molar-refractivity contribution >= 4 is 23.2 Å². The lowest BCUT2D eigenvalue weighted by atomic mass is 10.1. The molecule has 1 saturated heterocycles. The average Bonchev–Trinajstić information content (AvgIpc) is 3.33. The van der Waals surface area contributed by atoms with Crippen molar-refractivity contribution in [2.24, 2.45) is 0 Å². The van der Waals surface area contributed by atoms with Crippen LogP contribution in [0.4, 0.5) is 4.39 Å². The average molecular weight is 438 g/mol. The predicted octanol–water partition coefficient (Wildman–Crippen LogP) is 3.55. The summed E-state index contributed by atoms with van der Waals surface area (Å²) in [6.07, 6.45) is 0. The molecule has 3 aromatic rings. The number of hydrogen-bond donors (Lipinski definition) is 1. The Morgan fingerprint density at radius 1 is 0.935 bits per heavy atom. The first-order valence-electron chi connectivity index (χ1n) is 10.2. The molecule has 2 aromatic carbocycles. The molecule has 2 heterocycles. The fraction of sp³-hybridized carbons (Fsp3) is 0.250. The molecule has 1 aliphatic rings. The number of benzene rings is 2. The molecular formula is C24H24FN3O2S.